The summed E-state index contributed by atoms with van der Waals surface area (Å²) in [7, 11) is 0. The molecule has 0 aliphatic heterocycles. The number of carbonyl (C=O) groups excluding carboxylic acids is 1. The van der Waals surface area contributed by atoms with Gasteiger partial charge in [-0.3, -0.25) is 4.89 Å². The van der Waals surface area contributed by atoms with Gasteiger partial charge >= 0.3 is 5.97 Å². The van der Waals surface area contributed by atoms with Gasteiger partial charge in [0.1, 0.15) is 6.61 Å². The predicted molar refractivity (Wildman–Crippen MR) is 85.2 cm³/mol. The Morgan fingerprint density at radius 1 is 1.19 bits per heavy atom. The van der Waals surface area contributed by atoms with Gasteiger partial charge in [-0.15, -0.1) is 0 Å². The third-order valence-corrected chi connectivity index (χ3v) is 3.34. The Hall–Kier alpha value is -1.85. The minimum atomic E-state index is -0.491. The number of halogens is 1. The van der Waals surface area contributed by atoms with Crippen molar-refractivity contribution in [2.75, 3.05) is 18.5 Å². The molecule has 21 heavy (non-hydrogen) atoms. The van der Waals surface area contributed by atoms with Crippen LogP contribution in [0.2, 0.25) is 0 Å². The van der Waals surface area contributed by atoms with Gasteiger partial charge in [-0.05, 0) is 36.8 Å². The zero-order valence-electron chi connectivity index (χ0n) is 11.6. The summed E-state index contributed by atoms with van der Waals surface area (Å²) in [5.41, 5.74) is 2.62. The summed E-state index contributed by atoms with van der Waals surface area (Å²) >= 11 is 3.42. The molecule has 0 atom stereocenters. The van der Waals surface area contributed by atoms with Crippen LogP contribution in [-0.4, -0.2) is 19.1 Å². The van der Waals surface area contributed by atoms with Crippen LogP contribution in [0.25, 0.3) is 0 Å². The summed E-state index contributed by atoms with van der Waals surface area (Å²) in [6, 6.07) is 14.7. The summed E-state index contributed by atoms with van der Waals surface area (Å²) < 4.78 is 1.01. The quantitative estimate of drug-likeness (QED) is 0.487. The van der Waals surface area contributed by atoms with Gasteiger partial charge in [0.2, 0.25) is 0 Å². The maximum Gasteiger partial charge on any atom is 0.373 e. The average molecular weight is 350 g/mol. The molecule has 1 N–H and O–H groups in total. The molecular weight excluding hydrogens is 334 g/mol. The van der Waals surface area contributed by atoms with E-state index in [1.54, 1.807) is 24.3 Å². The molecule has 4 nitrogen and oxygen atoms in total. The zero-order chi connectivity index (χ0) is 15.1. The number of hydrogen-bond acceptors (Lipinski definition) is 4. The van der Waals surface area contributed by atoms with E-state index >= 15 is 0 Å². The van der Waals surface area contributed by atoms with Crippen molar-refractivity contribution in [3.8, 4) is 0 Å². The van der Waals surface area contributed by atoms with E-state index in [0.717, 1.165) is 15.7 Å². The number of rotatable bonds is 6. The van der Waals surface area contributed by atoms with Gasteiger partial charge in [-0.25, -0.2) is 4.79 Å². The predicted octanol–water partition coefficient (Wildman–Crippen LogP) is 3.96. The van der Waals surface area contributed by atoms with Crippen molar-refractivity contribution in [2.45, 2.75) is 6.92 Å². The molecule has 0 fully saturated rings. The van der Waals surface area contributed by atoms with E-state index in [2.05, 4.69) is 21.2 Å². The lowest BCUT2D eigenvalue weighted by atomic mass is 10.2. The molecule has 0 unspecified atom stereocenters. The van der Waals surface area contributed by atoms with Crippen LogP contribution in [0, 0.1) is 6.92 Å². The van der Waals surface area contributed by atoms with Crippen LogP contribution in [0.4, 0.5) is 5.69 Å². The highest BCUT2D eigenvalue weighted by Gasteiger charge is 2.06. The van der Waals surface area contributed by atoms with Gasteiger partial charge in [0.25, 0.3) is 0 Å². The molecule has 0 saturated carbocycles. The molecule has 0 amide bonds. The van der Waals surface area contributed by atoms with Crippen LogP contribution in [-0.2, 0) is 9.78 Å². The van der Waals surface area contributed by atoms with Crippen LogP contribution in [0.5, 0.6) is 0 Å². The Kier molecular flexibility index (Phi) is 5.78. The van der Waals surface area contributed by atoms with Crippen molar-refractivity contribution in [1.29, 1.82) is 0 Å². The van der Waals surface area contributed by atoms with Crippen molar-refractivity contribution >= 4 is 27.6 Å². The molecule has 0 heterocycles. The summed E-state index contributed by atoms with van der Waals surface area (Å²) in [5.74, 6) is -0.491. The Balaban J connectivity index is 1.71. The second kappa shape index (κ2) is 7.81. The van der Waals surface area contributed by atoms with Crippen LogP contribution in [0.1, 0.15) is 15.9 Å². The van der Waals surface area contributed by atoms with Crippen LogP contribution in [0.15, 0.2) is 53.0 Å². The molecule has 0 radical (unpaired) electrons. The van der Waals surface area contributed by atoms with Gasteiger partial charge in [-0.1, -0.05) is 40.2 Å². The number of aryl methyl sites for hydroxylation is 1. The van der Waals surface area contributed by atoms with E-state index in [9.17, 15) is 4.79 Å². The largest absolute Gasteiger partial charge is 0.382 e. The number of benzene rings is 2. The minimum Gasteiger partial charge on any atom is -0.382 e. The van der Waals surface area contributed by atoms with Gasteiger partial charge in [0.05, 0.1) is 5.56 Å². The lowest BCUT2D eigenvalue weighted by molar-refractivity contribution is -0.237. The first kappa shape index (κ1) is 15.5. The first-order valence-corrected chi connectivity index (χ1v) is 7.35. The van der Waals surface area contributed by atoms with Crippen molar-refractivity contribution in [1.82, 2.24) is 0 Å². The van der Waals surface area contributed by atoms with Gasteiger partial charge in [0.15, 0.2) is 0 Å². The minimum absolute atomic E-state index is 0.268. The summed E-state index contributed by atoms with van der Waals surface area (Å²) in [5, 5.41) is 3.22. The van der Waals surface area contributed by atoms with Gasteiger partial charge in [0, 0.05) is 16.7 Å². The Bertz CT molecular complexity index is 602. The first-order chi connectivity index (χ1) is 10.2. The molecule has 0 saturated heterocycles. The van der Waals surface area contributed by atoms with Gasteiger partial charge in [-0.2, -0.15) is 4.89 Å². The topological polar surface area (TPSA) is 47.6 Å². The number of anilines is 1. The molecule has 2 aromatic rings. The summed E-state index contributed by atoms with van der Waals surface area (Å²) in [4.78, 5) is 21.3. The van der Waals surface area contributed by atoms with E-state index < -0.39 is 5.97 Å². The van der Waals surface area contributed by atoms with E-state index in [1.165, 1.54) is 0 Å². The fourth-order valence-electron chi connectivity index (χ4n) is 1.73. The summed E-state index contributed by atoms with van der Waals surface area (Å²) in [6.07, 6.45) is 0. The molecular formula is C16H16BrNO3. The van der Waals surface area contributed by atoms with Crippen LogP contribution < -0.4 is 5.32 Å². The maximum atomic E-state index is 11.6. The third kappa shape index (κ3) is 4.88. The second-order valence-corrected chi connectivity index (χ2v) is 5.36. The molecule has 2 aromatic carbocycles. The summed E-state index contributed by atoms with van der Waals surface area (Å²) in [6.45, 7) is 2.83. The standard InChI is InChI=1S/C16H16BrNO3/c1-12-7-8-14(17)11-15(12)18-9-10-20-21-16(19)13-5-3-2-4-6-13/h2-8,11,18H,9-10H2,1H3. The van der Waals surface area contributed by atoms with E-state index in [-0.39, 0.29) is 6.61 Å². The number of hydrogen-bond donors (Lipinski definition) is 1. The Labute approximate surface area is 132 Å². The highest BCUT2D eigenvalue weighted by Crippen LogP contribution is 2.20. The highest BCUT2D eigenvalue weighted by molar-refractivity contribution is 9.10. The van der Waals surface area contributed by atoms with Crippen molar-refractivity contribution in [3.63, 3.8) is 0 Å². The van der Waals surface area contributed by atoms with E-state index in [0.29, 0.717) is 12.1 Å². The van der Waals surface area contributed by atoms with Crippen LogP contribution in [0.3, 0.4) is 0 Å². The normalized spacial score (nSPS) is 10.2. The molecule has 0 aliphatic carbocycles. The second-order valence-electron chi connectivity index (χ2n) is 4.44. The van der Waals surface area contributed by atoms with Crippen molar-refractivity contribution < 1.29 is 14.6 Å². The Morgan fingerprint density at radius 2 is 1.95 bits per heavy atom. The zero-order valence-corrected chi connectivity index (χ0v) is 13.2. The SMILES string of the molecule is Cc1ccc(Br)cc1NCCOOC(=O)c1ccccc1. The average Bonchev–Trinajstić information content (AvgIpc) is 2.51. The van der Waals surface area contributed by atoms with Crippen LogP contribution >= 0.6 is 15.9 Å². The third-order valence-electron chi connectivity index (χ3n) is 2.84. The lowest BCUT2D eigenvalue weighted by Gasteiger charge is -2.09. The van der Waals surface area contributed by atoms with Crippen molar-refractivity contribution in [2.24, 2.45) is 0 Å². The molecule has 2 rings (SSSR count). The first-order valence-electron chi connectivity index (χ1n) is 6.55. The number of nitrogens with one attached hydrogen (secondary N) is 1. The molecule has 0 aromatic heterocycles. The smallest absolute Gasteiger partial charge is 0.373 e. The molecule has 0 bridgehead atoms. The molecule has 110 valence electrons. The molecule has 0 aliphatic rings. The fourth-order valence-corrected chi connectivity index (χ4v) is 2.09. The maximum absolute atomic E-state index is 11.6. The molecule has 0 spiro atoms. The lowest BCUT2D eigenvalue weighted by Crippen LogP contribution is -2.13. The number of carbonyl (C=O) groups is 1. The fraction of sp³-hybridized carbons (Fsp3) is 0.188. The molecule has 5 heteroatoms. The monoisotopic (exact) mass is 349 g/mol. The van der Waals surface area contributed by atoms with Crippen molar-refractivity contribution in [3.05, 3.63) is 64.1 Å². The Morgan fingerprint density at radius 3 is 2.71 bits per heavy atom. The van der Waals surface area contributed by atoms with E-state index in [1.807, 2.05) is 31.2 Å². The highest BCUT2D eigenvalue weighted by atomic mass is 79.9. The van der Waals surface area contributed by atoms with Gasteiger partial charge < -0.3 is 5.32 Å². The van der Waals surface area contributed by atoms with E-state index in [4.69, 9.17) is 9.78 Å².